The maximum Gasteiger partial charge on any atom is 0.238 e. The number of anilines is 3. The molecule has 5 saturated heterocycles. The first-order chi connectivity index (χ1) is 35.2. The summed E-state index contributed by atoms with van der Waals surface area (Å²) in [6.07, 6.45) is 15.7. The first kappa shape index (κ1) is 48.1. The van der Waals surface area contributed by atoms with Gasteiger partial charge in [0.25, 0.3) is 0 Å². The summed E-state index contributed by atoms with van der Waals surface area (Å²) in [7, 11) is 0. The molecule has 3 aromatic heterocycles. The van der Waals surface area contributed by atoms with E-state index in [4.69, 9.17) is 15.0 Å². The number of nitrogens with one attached hydrogen (secondary N) is 2. The zero-order valence-electron chi connectivity index (χ0n) is 43.3. The minimum Gasteiger partial charge on any atom is -0.366 e. The Balaban J connectivity index is 0.736. The summed E-state index contributed by atoms with van der Waals surface area (Å²) in [6, 6.07) is 13.8. The number of imide groups is 1. The van der Waals surface area contributed by atoms with Gasteiger partial charge >= 0.3 is 0 Å². The van der Waals surface area contributed by atoms with Crippen molar-refractivity contribution in [2.24, 2.45) is 17.3 Å². The van der Waals surface area contributed by atoms with Gasteiger partial charge in [0.15, 0.2) is 5.82 Å². The zero-order chi connectivity index (χ0) is 50.3. The molecule has 12 rings (SSSR count). The molecular formula is C57H73N11O5. The van der Waals surface area contributed by atoms with Gasteiger partial charge in [-0.3, -0.25) is 29.3 Å². The second-order valence-electron chi connectivity index (χ2n) is 24.1. The van der Waals surface area contributed by atoms with Crippen LogP contribution in [0.2, 0.25) is 0 Å². The van der Waals surface area contributed by atoms with Crippen molar-refractivity contribution < 1.29 is 24.0 Å². The van der Waals surface area contributed by atoms with Gasteiger partial charge in [0, 0.05) is 93.2 Å². The number of hydrogen-bond acceptors (Lipinski definition) is 11. The van der Waals surface area contributed by atoms with Crippen LogP contribution in [0.3, 0.4) is 0 Å². The molecule has 1 unspecified atom stereocenters. The third-order valence-corrected chi connectivity index (χ3v) is 18.1. The molecule has 2 atom stereocenters. The summed E-state index contributed by atoms with van der Waals surface area (Å²) < 4.78 is 2.20. The molecule has 5 amide bonds. The number of likely N-dealkylation sites (tertiary alicyclic amines) is 3. The molecule has 2 N–H and O–H groups in total. The minimum atomic E-state index is -0.708. The smallest absolute Gasteiger partial charge is 0.238 e. The number of imidazole rings is 1. The van der Waals surface area contributed by atoms with Crippen molar-refractivity contribution in [1.82, 2.24) is 39.5 Å². The SMILES string of the molecule is CC(C)n1cnc2cc(-c3ccc4c(c3)N(C3CC(N5CCCCC5)C3)C(=O)C43CCN(C(=O)C4CN(C(=O)C5CCN(c6ccc([C@H]7CCC(=O)NC7=O)cn6)CC5)CC(C)(C)C4)CC3)nc(NC3CC3)c21. The van der Waals surface area contributed by atoms with Gasteiger partial charge in [-0.15, -0.1) is 0 Å². The number of piperidine rings is 5. The highest BCUT2D eigenvalue weighted by molar-refractivity contribution is 6.09. The molecule has 9 heterocycles. The van der Waals surface area contributed by atoms with E-state index < -0.39 is 5.41 Å². The topological polar surface area (TPSA) is 169 Å². The van der Waals surface area contributed by atoms with Gasteiger partial charge < -0.3 is 34.4 Å². The van der Waals surface area contributed by atoms with Crippen LogP contribution in [0.15, 0.2) is 48.9 Å². The Bertz CT molecular complexity index is 2810. The van der Waals surface area contributed by atoms with Crippen molar-refractivity contribution >= 4 is 57.9 Å². The van der Waals surface area contributed by atoms with Crippen LogP contribution in [-0.4, -0.2) is 134 Å². The normalized spacial score (nSPS) is 26.6. The number of rotatable bonds is 10. The Morgan fingerprint density at radius 2 is 1.56 bits per heavy atom. The van der Waals surface area contributed by atoms with E-state index in [9.17, 15) is 19.2 Å². The summed E-state index contributed by atoms with van der Waals surface area (Å²) in [5, 5.41) is 6.14. The van der Waals surface area contributed by atoms with E-state index in [1.165, 1.54) is 19.3 Å². The molecule has 4 aromatic rings. The van der Waals surface area contributed by atoms with E-state index in [-0.39, 0.29) is 64.8 Å². The summed E-state index contributed by atoms with van der Waals surface area (Å²) in [5.41, 5.74) is 5.72. The number of benzene rings is 1. The van der Waals surface area contributed by atoms with E-state index in [0.29, 0.717) is 96.3 Å². The fourth-order valence-corrected chi connectivity index (χ4v) is 13.8. The third kappa shape index (κ3) is 8.96. The number of pyridine rings is 2. The first-order valence-electron chi connectivity index (χ1n) is 27.7. The van der Waals surface area contributed by atoms with Gasteiger partial charge in [0.2, 0.25) is 29.5 Å². The average molecular weight is 992 g/mol. The number of amides is 5. The van der Waals surface area contributed by atoms with Crippen molar-refractivity contribution in [2.75, 3.05) is 67.5 Å². The third-order valence-electron chi connectivity index (χ3n) is 18.1. The van der Waals surface area contributed by atoms with Gasteiger partial charge in [0.05, 0.1) is 34.8 Å². The lowest BCUT2D eigenvalue weighted by molar-refractivity contribution is -0.148. The second kappa shape index (κ2) is 18.8. The predicted molar refractivity (Wildman–Crippen MR) is 280 cm³/mol. The van der Waals surface area contributed by atoms with Crippen molar-refractivity contribution in [3.63, 3.8) is 0 Å². The van der Waals surface area contributed by atoms with Crippen LogP contribution in [-0.2, 0) is 29.4 Å². The highest BCUT2D eigenvalue weighted by Gasteiger charge is 2.56. The summed E-state index contributed by atoms with van der Waals surface area (Å²) in [4.78, 5) is 94.4. The number of nitrogens with zero attached hydrogens (tertiary/aromatic N) is 9. The number of aromatic nitrogens is 4. The largest absolute Gasteiger partial charge is 0.366 e. The van der Waals surface area contributed by atoms with Crippen molar-refractivity contribution in [3.8, 4) is 11.3 Å². The molecule has 2 aliphatic carbocycles. The van der Waals surface area contributed by atoms with E-state index in [1.54, 1.807) is 6.20 Å². The van der Waals surface area contributed by atoms with Gasteiger partial charge in [0.1, 0.15) is 11.3 Å². The molecule has 73 heavy (non-hydrogen) atoms. The molecule has 16 nitrogen and oxygen atoms in total. The van der Waals surface area contributed by atoms with Gasteiger partial charge in [-0.25, -0.2) is 15.0 Å². The Morgan fingerprint density at radius 1 is 0.808 bits per heavy atom. The lowest BCUT2D eigenvalue weighted by atomic mass is 9.72. The molecule has 0 radical (unpaired) electrons. The molecule has 0 bridgehead atoms. The van der Waals surface area contributed by atoms with Gasteiger partial charge in [-0.05, 0) is 139 Å². The highest BCUT2D eigenvalue weighted by atomic mass is 16.2. The average Bonchev–Trinajstić information content (AvgIpc) is 4.04. The standard InChI is InChI=1S/C57H73N11O5/c1-35(2)67-34-59-46-29-45(61-51(50(46)67)60-40-10-11-40)37-8-13-44-47(26-37)68(42-27-41(28-42)63-20-6-5-7-21-63)55(73)57(44)18-24-65(25-19-57)54(72)39-30-56(3,4)33-66(32-39)53(71)36-16-22-64(23-17-36)48-14-9-38(31-58-48)43-12-15-49(69)62-52(43)70/h8-9,13-14,26,29,31,34-36,39-43H,5-7,10-12,15-25,27-28,30,32-33H2,1-4H3,(H,60,61)(H,62,69,70)/t39?,41?,42?,43-/m1/s1. The molecule has 6 aliphatic heterocycles. The Kier molecular flexibility index (Phi) is 12.4. The number of carbonyl (C=O) groups excluding carboxylic acids is 5. The van der Waals surface area contributed by atoms with Gasteiger partial charge in [-0.2, -0.15) is 0 Å². The van der Waals surface area contributed by atoms with Crippen LogP contribution < -0.4 is 20.4 Å². The first-order valence-corrected chi connectivity index (χ1v) is 27.7. The Morgan fingerprint density at radius 3 is 2.26 bits per heavy atom. The second-order valence-corrected chi connectivity index (χ2v) is 24.1. The maximum absolute atomic E-state index is 15.4. The molecule has 1 spiro atoms. The summed E-state index contributed by atoms with van der Waals surface area (Å²) >= 11 is 0. The van der Waals surface area contributed by atoms with Gasteiger partial charge in [-0.1, -0.05) is 38.5 Å². The fourth-order valence-electron chi connectivity index (χ4n) is 13.8. The minimum absolute atomic E-state index is 0.0975. The Labute approximate surface area is 429 Å². The van der Waals surface area contributed by atoms with Crippen LogP contribution in [0.1, 0.15) is 141 Å². The predicted octanol–water partition coefficient (Wildman–Crippen LogP) is 7.18. The van der Waals surface area contributed by atoms with E-state index >= 15 is 4.79 Å². The molecule has 386 valence electrons. The Hall–Kier alpha value is -5.90. The highest BCUT2D eigenvalue weighted by Crippen LogP contribution is 2.53. The molecule has 7 fully saturated rings. The summed E-state index contributed by atoms with van der Waals surface area (Å²) in [6.45, 7) is 14.4. The van der Waals surface area contributed by atoms with Crippen LogP contribution in [0.25, 0.3) is 22.3 Å². The molecule has 8 aliphatic rings. The number of hydrogen-bond donors (Lipinski definition) is 2. The van der Waals surface area contributed by atoms with Crippen LogP contribution in [0, 0.1) is 17.3 Å². The van der Waals surface area contributed by atoms with Crippen molar-refractivity contribution in [1.29, 1.82) is 0 Å². The van der Waals surface area contributed by atoms with Crippen molar-refractivity contribution in [3.05, 3.63) is 60.0 Å². The maximum atomic E-state index is 15.4. The van der Waals surface area contributed by atoms with E-state index in [2.05, 4.69) is 81.9 Å². The molecule has 16 heteroatoms. The monoisotopic (exact) mass is 992 g/mol. The van der Waals surface area contributed by atoms with Crippen LogP contribution in [0.5, 0.6) is 0 Å². The number of fused-ring (bicyclic) bond motifs is 3. The zero-order valence-corrected chi connectivity index (χ0v) is 43.3. The molecule has 1 aromatic carbocycles. The van der Waals surface area contributed by atoms with Crippen molar-refractivity contribution in [2.45, 2.75) is 153 Å². The van der Waals surface area contributed by atoms with Crippen LogP contribution in [0.4, 0.5) is 17.3 Å². The molecular weight excluding hydrogens is 919 g/mol. The van der Waals surface area contributed by atoms with E-state index in [1.807, 2.05) is 28.3 Å². The van der Waals surface area contributed by atoms with E-state index in [0.717, 1.165) is 89.5 Å². The number of carbonyl (C=O) groups is 5. The van der Waals surface area contributed by atoms with Crippen LogP contribution >= 0.6 is 0 Å². The lowest BCUT2D eigenvalue weighted by Gasteiger charge is -2.48. The summed E-state index contributed by atoms with van der Waals surface area (Å²) in [5.74, 6) is 0.776. The fraction of sp³-hybridized carbons (Fsp3) is 0.614. The lowest BCUT2D eigenvalue weighted by Crippen LogP contribution is -2.59. The quantitative estimate of drug-likeness (QED) is 0.154. The molecule has 2 saturated carbocycles.